The Kier molecular flexibility index (Phi) is 7.59. The van der Waals surface area contributed by atoms with E-state index in [1.165, 1.54) is 38.6 Å². The number of rotatable bonds is 9. The van der Waals surface area contributed by atoms with Gasteiger partial charge in [0.15, 0.2) is 11.5 Å². The summed E-state index contributed by atoms with van der Waals surface area (Å²) < 4.78 is 49.8. The largest absolute Gasteiger partial charge is 0.497 e. The van der Waals surface area contributed by atoms with E-state index in [-0.39, 0.29) is 16.3 Å². The van der Waals surface area contributed by atoms with Crippen molar-refractivity contribution < 1.29 is 32.2 Å². The summed E-state index contributed by atoms with van der Waals surface area (Å²) in [5, 5.41) is 3.99. The predicted octanol–water partition coefficient (Wildman–Crippen LogP) is 2.82. The first-order chi connectivity index (χ1) is 17.4. The number of hydrazone groups is 1. The van der Waals surface area contributed by atoms with Crippen LogP contribution in [0.5, 0.6) is 23.0 Å². The van der Waals surface area contributed by atoms with Gasteiger partial charge in [0.05, 0.1) is 31.0 Å². The van der Waals surface area contributed by atoms with Crippen LogP contribution in [0.4, 0.5) is 5.69 Å². The van der Waals surface area contributed by atoms with E-state index in [0.717, 1.165) is 4.31 Å². The van der Waals surface area contributed by atoms with Crippen molar-refractivity contribution in [1.82, 2.24) is 5.43 Å². The number of para-hydroxylation sites is 1. The van der Waals surface area contributed by atoms with Gasteiger partial charge in [0.2, 0.25) is 0 Å². The van der Waals surface area contributed by atoms with Crippen LogP contribution in [0.15, 0.2) is 76.7 Å². The Balaban J connectivity index is 1.60. The number of carbonyl (C=O) groups is 1. The number of nitrogens with one attached hydrogen (secondary N) is 1. The van der Waals surface area contributed by atoms with Gasteiger partial charge in [-0.15, -0.1) is 0 Å². The van der Waals surface area contributed by atoms with Crippen molar-refractivity contribution in [2.75, 3.05) is 38.3 Å². The number of anilines is 1. The van der Waals surface area contributed by atoms with Crippen LogP contribution < -0.4 is 28.7 Å². The summed E-state index contributed by atoms with van der Waals surface area (Å²) >= 11 is 0. The van der Waals surface area contributed by atoms with Crippen molar-refractivity contribution in [2.24, 2.45) is 5.10 Å². The van der Waals surface area contributed by atoms with Crippen LogP contribution in [0.2, 0.25) is 0 Å². The SMILES string of the molecule is COc1ccc(N(CC(=O)N/N=C\c2cccc3c2OCCO3)S(=O)(=O)c2ccccc2)c(OC)c1. The molecule has 0 saturated heterocycles. The third-order valence-electron chi connectivity index (χ3n) is 5.26. The number of amides is 1. The third-order valence-corrected chi connectivity index (χ3v) is 7.04. The quantitative estimate of drug-likeness (QED) is 0.347. The Labute approximate surface area is 209 Å². The van der Waals surface area contributed by atoms with E-state index in [1.54, 1.807) is 48.5 Å². The number of fused-ring (bicyclic) bond motifs is 1. The molecule has 0 spiro atoms. The monoisotopic (exact) mass is 511 g/mol. The average molecular weight is 512 g/mol. The molecule has 3 aromatic rings. The first kappa shape index (κ1) is 24.9. The van der Waals surface area contributed by atoms with Crippen LogP contribution in [0.3, 0.4) is 0 Å². The van der Waals surface area contributed by atoms with Crippen LogP contribution in [0, 0.1) is 0 Å². The highest BCUT2D eigenvalue weighted by Gasteiger charge is 2.29. The molecule has 0 bridgehead atoms. The highest BCUT2D eigenvalue weighted by molar-refractivity contribution is 7.92. The molecule has 3 aromatic carbocycles. The second-order valence-corrected chi connectivity index (χ2v) is 9.39. The molecule has 4 rings (SSSR count). The minimum Gasteiger partial charge on any atom is -0.497 e. The first-order valence-corrected chi connectivity index (χ1v) is 12.4. The molecule has 0 aliphatic carbocycles. The van der Waals surface area contributed by atoms with Crippen molar-refractivity contribution in [1.29, 1.82) is 0 Å². The minimum absolute atomic E-state index is 0.0206. The van der Waals surface area contributed by atoms with Crippen LogP contribution in [-0.2, 0) is 14.8 Å². The molecule has 36 heavy (non-hydrogen) atoms. The van der Waals surface area contributed by atoms with Gasteiger partial charge in [-0.3, -0.25) is 9.10 Å². The Morgan fingerprint density at radius 3 is 2.56 bits per heavy atom. The summed E-state index contributed by atoms with van der Waals surface area (Å²) in [5.74, 6) is 1.14. The number of hydrogen-bond donors (Lipinski definition) is 1. The lowest BCUT2D eigenvalue weighted by atomic mass is 10.2. The zero-order valence-electron chi connectivity index (χ0n) is 19.7. The Hall–Kier alpha value is -4.25. The minimum atomic E-state index is -4.13. The summed E-state index contributed by atoms with van der Waals surface area (Å²) in [7, 11) is -1.24. The molecule has 1 heterocycles. The smallest absolute Gasteiger partial charge is 0.264 e. The fourth-order valence-corrected chi connectivity index (χ4v) is 5.00. The molecular weight excluding hydrogens is 486 g/mol. The van der Waals surface area contributed by atoms with E-state index >= 15 is 0 Å². The van der Waals surface area contributed by atoms with Gasteiger partial charge in [-0.05, 0) is 36.4 Å². The summed E-state index contributed by atoms with van der Waals surface area (Å²) in [6.07, 6.45) is 1.41. The first-order valence-electron chi connectivity index (χ1n) is 10.9. The van der Waals surface area contributed by atoms with Gasteiger partial charge in [-0.2, -0.15) is 5.10 Å². The molecule has 1 amide bonds. The molecule has 11 heteroatoms. The number of sulfonamides is 1. The fourth-order valence-electron chi connectivity index (χ4n) is 3.55. The third kappa shape index (κ3) is 5.36. The number of hydrogen-bond acceptors (Lipinski definition) is 8. The molecule has 0 aromatic heterocycles. The second kappa shape index (κ2) is 11.0. The molecule has 1 aliphatic rings. The molecule has 0 fully saturated rings. The lowest BCUT2D eigenvalue weighted by Crippen LogP contribution is -2.39. The van der Waals surface area contributed by atoms with Crippen LogP contribution >= 0.6 is 0 Å². The van der Waals surface area contributed by atoms with E-state index < -0.39 is 22.5 Å². The molecule has 0 atom stereocenters. The van der Waals surface area contributed by atoms with Gasteiger partial charge < -0.3 is 18.9 Å². The maximum atomic E-state index is 13.5. The van der Waals surface area contributed by atoms with Crippen molar-refractivity contribution in [3.05, 3.63) is 72.3 Å². The van der Waals surface area contributed by atoms with Gasteiger partial charge in [0.25, 0.3) is 15.9 Å². The highest BCUT2D eigenvalue weighted by atomic mass is 32.2. The van der Waals surface area contributed by atoms with Gasteiger partial charge >= 0.3 is 0 Å². The summed E-state index contributed by atoms with van der Waals surface area (Å²) in [6.45, 7) is 0.300. The van der Waals surface area contributed by atoms with E-state index in [4.69, 9.17) is 18.9 Å². The molecule has 188 valence electrons. The molecule has 0 radical (unpaired) electrons. The van der Waals surface area contributed by atoms with E-state index in [9.17, 15) is 13.2 Å². The molecule has 10 nitrogen and oxygen atoms in total. The molecule has 0 unspecified atom stereocenters. The average Bonchev–Trinajstić information content (AvgIpc) is 2.92. The van der Waals surface area contributed by atoms with Crippen LogP contribution in [-0.4, -0.2) is 54.5 Å². The van der Waals surface area contributed by atoms with Crippen LogP contribution in [0.25, 0.3) is 0 Å². The van der Waals surface area contributed by atoms with Crippen molar-refractivity contribution >= 4 is 27.8 Å². The number of nitrogens with zero attached hydrogens (tertiary/aromatic N) is 2. The number of ether oxygens (including phenoxy) is 4. The maximum Gasteiger partial charge on any atom is 0.264 e. The second-order valence-electron chi connectivity index (χ2n) is 7.53. The van der Waals surface area contributed by atoms with Gasteiger partial charge in [-0.1, -0.05) is 24.3 Å². The fraction of sp³-hybridized carbons (Fsp3) is 0.200. The van der Waals surface area contributed by atoms with E-state index in [1.807, 2.05) is 0 Å². The standard InChI is InChI=1S/C25H25N3O7S/c1-32-19-11-12-21(23(15-19)33-2)28(36(30,31)20-8-4-3-5-9-20)17-24(29)27-26-16-18-7-6-10-22-25(18)35-14-13-34-22/h3-12,15-16H,13-14,17H2,1-2H3,(H,27,29)/b26-16-. The zero-order valence-corrected chi connectivity index (χ0v) is 20.5. The summed E-state index contributed by atoms with van der Waals surface area (Å²) in [5.41, 5.74) is 3.16. The molecule has 0 saturated carbocycles. The van der Waals surface area contributed by atoms with E-state index in [0.29, 0.717) is 36.0 Å². The molecule has 1 N–H and O–H groups in total. The molecule has 1 aliphatic heterocycles. The van der Waals surface area contributed by atoms with Crippen molar-refractivity contribution in [2.45, 2.75) is 4.90 Å². The van der Waals surface area contributed by atoms with Gasteiger partial charge in [-0.25, -0.2) is 13.8 Å². The van der Waals surface area contributed by atoms with Crippen molar-refractivity contribution in [3.8, 4) is 23.0 Å². The van der Waals surface area contributed by atoms with E-state index in [2.05, 4.69) is 10.5 Å². The van der Waals surface area contributed by atoms with Crippen molar-refractivity contribution in [3.63, 3.8) is 0 Å². The normalized spacial score (nSPS) is 12.7. The van der Waals surface area contributed by atoms with Gasteiger partial charge in [0.1, 0.15) is 31.3 Å². The maximum absolute atomic E-state index is 13.5. The summed E-state index contributed by atoms with van der Waals surface area (Å²) in [4.78, 5) is 12.9. The zero-order chi connectivity index (χ0) is 25.5. The van der Waals surface area contributed by atoms with Crippen LogP contribution in [0.1, 0.15) is 5.56 Å². The van der Waals surface area contributed by atoms with Gasteiger partial charge in [0, 0.05) is 11.6 Å². The lowest BCUT2D eigenvalue weighted by molar-refractivity contribution is -0.119. The Bertz CT molecular complexity index is 1360. The highest BCUT2D eigenvalue weighted by Crippen LogP contribution is 2.35. The Morgan fingerprint density at radius 2 is 1.81 bits per heavy atom. The number of methoxy groups -OCH3 is 2. The number of benzene rings is 3. The predicted molar refractivity (Wildman–Crippen MR) is 134 cm³/mol. The molecular formula is C25H25N3O7S. The summed E-state index contributed by atoms with van der Waals surface area (Å²) in [6, 6.07) is 17.8. The topological polar surface area (TPSA) is 116 Å². The lowest BCUT2D eigenvalue weighted by Gasteiger charge is -2.25. The number of carbonyl (C=O) groups excluding carboxylic acids is 1. The Morgan fingerprint density at radius 1 is 1.03 bits per heavy atom.